The Hall–Kier alpha value is -2.23. The average Bonchev–Trinajstić information content (AvgIpc) is 2.88. The van der Waals surface area contributed by atoms with Gasteiger partial charge in [-0.3, -0.25) is 14.7 Å². The van der Waals surface area contributed by atoms with Crippen molar-refractivity contribution in [1.29, 1.82) is 0 Å². The zero-order chi connectivity index (χ0) is 24.4. The molecule has 1 fully saturated rings. The zero-order valence-electron chi connectivity index (χ0n) is 22.1. The van der Waals surface area contributed by atoms with E-state index in [1.807, 2.05) is 12.1 Å². The predicted octanol–water partition coefficient (Wildman–Crippen LogP) is 4.97. The van der Waals surface area contributed by atoms with Crippen LogP contribution in [-0.2, 0) is 17.7 Å². The van der Waals surface area contributed by atoms with Crippen molar-refractivity contribution in [2.75, 3.05) is 57.7 Å². The van der Waals surface area contributed by atoms with E-state index in [4.69, 9.17) is 14.5 Å². The molecular formula is C27H38Cl3N5O3. The van der Waals surface area contributed by atoms with Gasteiger partial charge in [-0.1, -0.05) is 12.5 Å². The molecule has 2 aromatic carbocycles. The fraction of sp³-hybridized carbons (Fsp3) is 0.481. The van der Waals surface area contributed by atoms with Gasteiger partial charge in [-0.2, -0.15) is 0 Å². The third-order valence-electron chi connectivity index (χ3n) is 7.32. The monoisotopic (exact) mass is 585 g/mol. The topological polar surface area (TPSA) is 82.7 Å². The minimum Gasteiger partial charge on any atom is -0.497 e. The first kappa shape index (κ1) is 32.0. The van der Waals surface area contributed by atoms with Crippen molar-refractivity contribution in [3.8, 4) is 5.75 Å². The highest BCUT2D eigenvalue weighted by Gasteiger charge is 2.26. The normalized spacial score (nSPS) is 17.0. The molecule has 38 heavy (non-hydrogen) atoms. The largest absolute Gasteiger partial charge is 0.497 e. The van der Waals surface area contributed by atoms with Crippen LogP contribution in [0.2, 0.25) is 0 Å². The first-order chi connectivity index (χ1) is 17.1. The second-order valence-corrected chi connectivity index (χ2v) is 9.57. The third-order valence-corrected chi connectivity index (χ3v) is 7.32. The molecule has 2 N–H and O–H groups in total. The molecule has 1 atom stereocenters. The lowest BCUT2D eigenvalue weighted by Crippen LogP contribution is -2.34. The number of ether oxygens (including phenoxy) is 2. The molecule has 5 rings (SSSR count). The summed E-state index contributed by atoms with van der Waals surface area (Å²) in [7, 11) is 5.51. The highest BCUT2D eigenvalue weighted by atomic mass is 35.5. The molecule has 1 aromatic heterocycles. The number of rotatable bonds is 7. The summed E-state index contributed by atoms with van der Waals surface area (Å²) in [6.45, 7) is 4.00. The lowest BCUT2D eigenvalue weighted by Gasteiger charge is -2.33. The molecule has 0 radical (unpaired) electrons. The lowest BCUT2D eigenvalue weighted by atomic mass is 9.93. The van der Waals surface area contributed by atoms with Crippen molar-refractivity contribution in [2.45, 2.75) is 38.3 Å². The van der Waals surface area contributed by atoms with E-state index in [0.29, 0.717) is 30.0 Å². The minimum atomic E-state index is -0.0786. The summed E-state index contributed by atoms with van der Waals surface area (Å²) < 4.78 is 10.7. The van der Waals surface area contributed by atoms with E-state index in [1.54, 1.807) is 14.2 Å². The summed E-state index contributed by atoms with van der Waals surface area (Å²) in [5, 5.41) is 4.08. The van der Waals surface area contributed by atoms with Gasteiger partial charge >= 0.3 is 0 Å². The number of aromatic amines is 1. The second kappa shape index (κ2) is 14.2. The van der Waals surface area contributed by atoms with Crippen LogP contribution in [0.4, 0.5) is 11.6 Å². The van der Waals surface area contributed by atoms with Gasteiger partial charge in [0.05, 0.1) is 24.6 Å². The maximum Gasteiger partial charge on any atom is 0.260 e. The van der Waals surface area contributed by atoms with Crippen LogP contribution >= 0.6 is 37.2 Å². The Bertz CT molecular complexity index is 1270. The number of piperidine rings is 1. The van der Waals surface area contributed by atoms with E-state index in [9.17, 15) is 4.79 Å². The van der Waals surface area contributed by atoms with Crippen LogP contribution in [0.5, 0.6) is 5.75 Å². The lowest BCUT2D eigenvalue weighted by molar-refractivity contribution is 0.188. The van der Waals surface area contributed by atoms with Gasteiger partial charge in [0.15, 0.2) is 0 Å². The van der Waals surface area contributed by atoms with Crippen molar-refractivity contribution < 1.29 is 9.47 Å². The summed E-state index contributed by atoms with van der Waals surface area (Å²) in [6.07, 6.45) is 4.28. The van der Waals surface area contributed by atoms with Crippen LogP contribution in [0.15, 0.2) is 35.1 Å². The second-order valence-electron chi connectivity index (χ2n) is 9.57. The highest BCUT2D eigenvalue weighted by Crippen LogP contribution is 2.35. The number of anilines is 2. The number of fused-ring (bicyclic) bond motifs is 2. The van der Waals surface area contributed by atoms with Crippen molar-refractivity contribution in [2.24, 2.45) is 0 Å². The average molecular weight is 587 g/mol. The van der Waals surface area contributed by atoms with E-state index in [1.165, 1.54) is 17.5 Å². The molecule has 2 aliphatic heterocycles. The number of hydrogen-bond acceptors (Lipinski definition) is 7. The van der Waals surface area contributed by atoms with Gasteiger partial charge in [0.25, 0.3) is 5.56 Å². The number of nitrogens with zero attached hydrogens (tertiary/aromatic N) is 3. The van der Waals surface area contributed by atoms with Crippen LogP contribution in [-0.4, -0.2) is 62.4 Å². The molecule has 1 unspecified atom stereocenters. The van der Waals surface area contributed by atoms with Gasteiger partial charge in [0, 0.05) is 44.5 Å². The fourth-order valence-corrected chi connectivity index (χ4v) is 5.40. The van der Waals surface area contributed by atoms with E-state index < -0.39 is 0 Å². The molecule has 0 amide bonds. The van der Waals surface area contributed by atoms with Gasteiger partial charge in [0.1, 0.15) is 5.75 Å². The Morgan fingerprint density at radius 2 is 1.89 bits per heavy atom. The number of nitrogens with one attached hydrogen (secondary N) is 2. The standard InChI is InChI=1S/C27H35N5O3.3ClH/c1-31-11-5-4-6-24(31)22-15-21(35-3)16-23-25(22)26(33)30-27(29-23)32-12-9-18-14-20(28-10-13-34-2)8-7-19(18)17-32;;;/h7-8,14-16,24,28H,4-6,9-13,17H2,1-3H3,(H,29,30,33);3*1H. The molecule has 210 valence electrons. The molecule has 1 saturated heterocycles. The fourth-order valence-electron chi connectivity index (χ4n) is 5.40. The van der Waals surface area contributed by atoms with Gasteiger partial charge in [-0.05, 0) is 67.7 Å². The Morgan fingerprint density at radius 3 is 2.63 bits per heavy atom. The van der Waals surface area contributed by atoms with Crippen LogP contribution in [0.1, 0.15) is 42.0 Å². The van der Waals surface area contributed by atoms with Crippen molar-refractivity contribution in [1.82, 2.24) is 14.9 Å². The highest BCUT2D eigenvalue weighted by molar-refractivity contribution is 5.86. The molecule has 3 aromatic rings. The van der Waals surface area contributed by atoms with Crippen LogP contribution in [0, 0.1) is 0 Å². The van der Waals surface area contributed by atoms with E-state index in [2.05, 4.69) is 45.3 Å². The van der Waals surface area contributed by atoms with Crippen LogP contribution < -0.4 is 20.5 Å². The first-order valence-electron chi connectivity index (χ1n) is 12.5. The van der Waals surface area contributed by atoms with E-state index in [-0.39, 0.29) is 48.8 Å². The van der Waals surface area contributed by atoms with Gasteiger partial charge < -0.3 is 19.7 Å². The Balaban J connectivity index is 0.00000169. The summed E-state index contributed by atoms with van der Waals surface area (Å²) in [5.41, 5.74) is 5.33. The number of methoxy groups -OCH3 is 2. The molecule has 0 aliphatic carbocycles. The van der Waals surface area contributed by atoms with Gasteiger partial charge in [-0.15, -0.1) is 37.2 Å². The first-order valence-corrected chi connectivity index (χ1v) is 12.5. The number of likely N-dealkylation sites (tertiary alicyclic amines) is 1. The number of H-pyrrole nitrogens is 1. The molecule has 0 bridgehead atoms. The molecule has 0 spiro atoms. The molecule has 2 aliphatic rings. The molecule has 11 heteroatoms. The zero-order valence-corrected chi connectivity index (χ0v) is 24.6. The SMILES string of the molecule is COCCNc1ccc2c(c1)CCN(c1nc3cc(OC)cc(C4CCCCN4C)c3c(=O)[nH]1)C2.Cl.Cl.Cl. The third kappa shape index (κ3) is 6.66. The van der Waals surface area contributed by atoms with Crippen molar-refractivity contribution in [3.63, 3.8) is 0 Å². The van der Waals surface area contributed by atoms with E-state index >= 15 is 0 Å². The van der Waals surface area contributed by atoms with E-state index in [0.717, 1.165) is 55.9 Å². The van der Waals surface area contributed by atoms with Crippen molar-refractivity contribution in [3.05, 3.63) is 57.4 Å². The molecule has 0 saturated carbocycles. The molecular weight excluding hydrogens is 549 g/mol. The summed E-state index contributed by atoms with van der Waals surface area (Å²) in [4.78, 5) is 26.0. The molecule has 3 heterocycles. The minimum absolute atomic E-state index is 0. The van der Waals surface area contributed by atoms with Crippen LogP contribution in [0.25, 0.3) is 10.9 Å². The Morgan fingerprint density at radius 1 is 1.08 bits per heavy atom. The number of aromatic nitrogens is 2. The molecule has 8 nitrogen and oxygen atoms in total. The number of hydrogen-bond donors (Lipinski definition) is 2. The summed E-state index contributed by atoms with van der Waals surface area (Å²) in [5.74, 6) is 1.36. The number of benzene rings is 2. The van der Waals surface area contributed by atoms with Crippen molar-refractivity contribution >= 4 is 59.8 Å². The van der Waals surface area contributed by atoms with Gasteiger partial charge in [0.2, 0.25) is 5.95 Å². The maximum atomic E-state index is 13.4. The Labute approximate surface area is 242 Å². The van der Waals surface area contributed by atoms with Crippen LogP contribution in [0.3, 0.4) is 0 Å². The predicted molar refractivity (Wildman–Crippen MR) is 161 cm³/mol. The number of halogens is 3. The quantitative estimate of drug-likeness (QED) is 0.378. The summed E-state index contributed by atoms with van der Waals surface area (Å²) >= 11 is 0. The Kier molecular flexibility index (Phi) is 12.0. The maximum absolute atomic E-state index is 13.4. The van der Waals surface area contributed by atoms with Gasteiger partial charge in [-0.25, -0.2) is 4.98 Å². The smallest absolute Gasteiger partial charge is 0.260 e. The summed E-state index contributed by atoms with van der Waals surface area (Å²) in [6, 6.07) is 10.6.